The van der Waals surface area contributed by atoms with Crippen molar-refractivity contribution in [3.63, 3.8) is 0 Å². The van der Waals surface area contributed by atoms with Crippen LogP contribution in [0.4, 0.5) is 5.13 Å². The summed E-state index contributed by atoms with van der Waals surface area (Å²) in [5, 5.41) is 11.9. The molecule has 9 heteroatoms. The summed E-state index contributed by atoms with van der Waals surface area (Å²) in [5.41, 5.74) is 2.11. The molecule has 1 fully saturated rings. The number of carbonyl (C=O) groups is 2. The zero-order valence-electron chi connectivity index (χ0n) is 14.9. The average Bonchev–Trinajstić information content (AvgIpc) is 3.20. The standard InChI is InChI=1S/C18H18N4O2S3/c1-3-15-20-21-17(27-15)19-14(23)8-9-22-16(24)13(26-18(22)25)10-12-6-4-11(2)5-7-12/h4-7,10H,3,8-9H2,1-2H3,(H,19,21,23)/b13-10-. The lowest BCUT2D eigenvalue weighted by molar-refractivity contribution is -0.122. The molecule has 0 unspecified atom stereocenters. The fourth-order valence-electron chi connectivity index (χ4n) is 2.35. The van der Waals surface area contributed by atoms with E-state index >= 15 is 0 Å². The lowest BCUT2D eigenvalue weighted by Crippen LogP contribution is -2.31. The molecule has 0 atom stereocenters. The molecule has 2 heterocycles. The van der Waals surface area contributed by atoms with E-state index in [4.69, 9.17) is 12.2 Å². The molecule has 2 aromatic rings. The first-order chi connectivity index (χ1) is 13.0. The van der Waals surface area contributed by atoms with Gasteiger partial charge < -0.3 is 5.32 Å². The van der Waals surface area contributed by atoms with Gasteiger partial charge in [-0.3, -0.25) is 14.5 Å². The second-order valence-electron chi connectivity index (χ2n) is 5.90. The third-order valence-electron chi connectivity index (χ3n) is 3.83. The highest BCUT2D eigenvalue weighted by Crippen LogP contribution is 2.32. The number of anilines is 1. The number of aromatic nitrogens is 2. The summed E-state index contributed by atoms with van der Waals surface area (Å²) in [7, 11) is 0. The van der Waals surface area contributed by atoms with Crippen LogP contribution in [-0.4, -0.2) is 37.8 Å². The molecule has 1 aromatic heterocycles. The summed E-state index contributed by atoms with van der Waals surface area (Å²) in [6.07, 6.45) is 2.75. The van der Waals surface area contributed by atoms with Crippen molar-refractivity contribution in [1.29, 1.82) is 0 Å². The van der Waals surface area contributed by atoms with Crippen molar-refractivity contribution in [3.05, 3.63) is 45.3 Å². The van der Waals surface area contributed by atoms with Gasteiger partial charge in [0.1, 0.15) is 9.33 Å². The SMILES string of the molecule is CCc1nnc(NC(=O)CCN2C(=O)/C(=C/c3ccc(C)cc3)SC2=S)s1. The fraction of sp³-hybridized carbons (Fsp3) is 0.278. The molecule has 0 radical (unpaired) electrons. The molecule has 0 aliphatic carbocycles. The van der Waals surface area contributed by atoms with E-state index in [0.29, 0.717) is 14.4 Å². The largest absolute Gasteiger partial charge is 0.300 e. The first-order valence-electron chi connectivity index (χ1n) is 8.40. The normalized spacial score (nSPS) is 15.6. The third-order valence-corrected chi connectivity index (χ3v) is 6.19. The summed E-state index contributed by atoms with van der Waals surface area (Å²) in [5.74, 6) is -0.382. The molecule has 1 aromatic carbocycles. The van der Waals surface area contributed by atoms with E-state index in [1.807, 2.05) is 44.2 Å². The van der Waals surface area contributed by atoms with Gasteiger partial charge in [0, 0.05) is 13.0 Å². The number of hydrogen-bond acceptors (Lipinski definition) is 7. The molecule has 0 bridgehead atoms. The average molecular weight is 419 g/mol. The van der Waals surface area contributed by atoms with Gasteiger partial charge >= 0.3 is 0 Å². The number of amides is 2. The van der Waals surface area contributed by atoms with Gasteiger partial charge in [-0.15, -0.1) is 10.2 Å². The van der Waals surface area contributed by atoms with Crippen LogP contribution in [0.3, 0.4) is 0 Å². The van der Waals surface area contributed by atoms with Gasteiger partial charge in [0.2, 0.25) is 11.0 Å². The highest BCUT2D eigenvalue weighted by molar-refractivity contribution is 8.26. The molecule has 1 saturated heterocycles. The summed E-state index contributed by atoms with van der Waals surface area (Å²) in [6, 6.07) is 7.91. The monoisotopic (exact) mass is 418 g/mol. The molecule has 1 aliphatic heterocycles. The van der Waals surface area contributed by atoms with Crippen LogP contribution >= 0.6 is 35.3 Å². The number of benzene rings is 1. The zero-order chi connectivity index (χ0) is 19.4. The fourth-order valence-corrected chi connectivity index (χ4v) is 4.35. The molecule has 1 N–H and O–H groups in total. The van der Waals surface area contributed by atoms with Gasteiger partial charge in [-0.05, 0) is 25.0 Å². The molecule has 140 valence electrons. The molecule has 0 saturated carbocycles. The number of thiocarbonyl (C=S) groups is 1. The molecular formula is C18H18N4O2S3. The van der Waals surface area contributed by atoms with Crippen LogP contribution in [-0.2, 0) is 16.0 Å². The van der Waals surface area contributed by atoms with E-state index in [-0.39, 0.29) is 24.8 Å². The predicted molar refractivity (Wildman–Crippen MR) is 114 cm³/mol. The van der Waals surface area contributed by atoms with Crippen molar-refractivity contribution in [1.82, 2.24) is 15.1 Å². The topological polar surface area (TPSA) is 75.2 Å². The quantitative estimate of drug-likeness (QED) is 0.570. The minimum absolute atomic E-state index is 0.144. The molecule has 27 heavy (non-hydrogen) atoms. The van der Waals surface area contributed by atoms with Crippen molar-refractivity contribution >= 4 is 62.7 Å². The first kappa shape index (κ1) is 19.7. The van der Waals surface area contributed by atoms with E-state index < -0.39 is 0 Å². The van der Waals surface area contributed by atoms with Gasteiger partial charge in [0.05, 0.1) is 4.91 Å². The summed E-state index contributed by atoms with van der Waals surface area (Å²) >= 11 is 7.92. The maximum atomic E-state index is 12.6. The maximum Gasteiger partial charge on any atom is 0.266 e. The number of thioether (sulfide) groups is 1. The van der Waals surface area contributed by atoms with Crippen molar-refractivity contribution in [2.75, 3.05) is 11.9 Å². The van der Waals surface area contributed by atoms with Crippen molar-refractivity contribution in [3.8, 4) is 0 Å². The number of aryl methyl sites for hydroxylation is 2. The van der Waals surface area contributed by atoms with Crippen molar-refractivity contribution in [2.24, 2.45) is 0 Å². The van der Waals surface area contributed by atoms with E-state index in [2.05, 4.69) is 15.5 Å². The molecule has 3 rings (SSSR count). The van der Waals surface area contributed by atoms with Crippen LogP contribution in [0.25, 0.3) is 6.08 Å². The smallest absolute Gasteiger partial charge is 0.266 e. The van der Waals surface area contributed by atoms with Gasteiger partial charge in [-0.2, -0.15) is 0 Å². The van der Waals surface area contributed by atoms with Gasteiger partial charge in [0.25, 0.3) is 5.91 Å². The van der Waals surface area contributed by atoms with Gasteiger partial charge in [-0.25, -0.2) is 0 Å². The van der Waals surface area contributed by atoms with Crippen LogP contribution in [0.5, 0.6) is 0 Å². The van der Waals surface area contributed by atoms with Crippen molar-refractivity contribution in [2.45, 2.75) is 26.7 Å². The summed E-state index contributed by atoms with van der Waals surface area (Å²) < 4.78 is 0.468. The van der Waals surface area contributed by atoms with Crippen LogP contribution in [0, 0.1) is 6.92 Å². The Morgan fingerprint density at radius 3 is 2.70 bits per heavy atom. The van der Waals surface area contributed by atoms with E-state index in [1.165, 1.54) is 28.0 Å². The van der Waals surface area contributed by atoms with E-state index in [9.17, 15) is 9.59 Å². The number of nitrogens with one attached hydrogen (secondary N) is 1. The molecule has 6 nitrogen and oxygen atoms in total. The summed E-state index contributed by atoms with van der Waals surface area (Å²) in [6.45, 7) is 4.23. The molecule has 0 spiro atoms. The van der Waals surface area contributed by atoms with E-state index in [1.54, 1.807) is 0 Å². The Hall–Kier alpha value is -2.10. The van der Waals surface area contributed by atoms with E-state index in [0.717, 1.165) is 22.6 Å². The Balaban J connectivity index is 1.58. The highest BCUT2D eigenvalue weighted by atomic mass is 32.2. The van der Waals surface area contributed by atoms with Crippen LogP contribution in [0.2, 0.25) is 0 Å². The van der Waals surface area contributed by atoms with Crippen molar-refractivity contribution < 1.29 is 9.59 Å². The lowest BCUT2D eigenvalue weighted by Gasteiger charge is -2.13. The van der Waals surface area contributed by atoms with Crippen LogP contribution < -0.4 is 5.32 Å². The zero-order valence-corrected chi connectivity index (χ0v) is 17.3. The van der Waals surface area contributed by atoms with Crippen LogP contribution in [0.1, 0.15) is 29.5 Å². The number of rotatable bonds is 6. The Morgan fingerprint density at radius 2 is 2.04 bits per heavy atom. The molecule has 2 amide bonds. The maximum absolute atomic E-state index is 12.6. The third kappa shape index (κ3) is 5.00. The number of nitrogens with zero attached hydrogens (tertiary/aromatic N) is 3. The second-order valence-corrected chi connectivity index (χ2v) is 8.63. The number of hydrogen-bond donors (Lipinski definition) is 1. The Morgan fingerprint density at radius 1 is 1.30 bits per heavy atom. The van der Waals surface area contributed by atoms with Gasteiger partial charge in [0.15, 0.2) is 0 Å². The Labute approximate surface area is 171 Å². The highest BCUT2D eigenvalue weighted by Gasteiger charge is 2.32. The number of carbonyl (C=O) groups excluding carboxylic acids is 2. The minimum atomic E-state index is -0.217. The molecule has 1 aliphatic rings. The Bertz CT molecular complexity index is 906. The minimum Gasteiger partial charge on any atom is -0.300 e. The van der Waals surface area contributed by atoms with Gasteiger partial charge in [-0.1, -0.05) is 72.1 Å². The van der Waals surface area contributed by atoms with Crippen LogP contribution in [0.15, 0.2) is 29.2 Å². The lowest BCUT2D eigenvalue weighted by atomic mass is 10.1. The Kier molecular flexibility index (Phi) is 6.35. The molecular weight excluding hydrogens is 400 g/mol. The predicted octanol–water partition coefficient (Wildman–Crippen LogP) is 3.64. The first-order valence-corrected chi connectivity index (χ1v) is 10.4. The summed E-state index contributed by atoms with van der Waals surface area (Å²) in [4.78, 5) is 26.7. The second kappa shape index (κ2) is 8.73.